The summed E-state index contributed by atoms with van der Waals surface area (Å²) >= 11 is 5.97. The monoisotopic (exact) mass is 373 g/mol. The van der Waals surface area contributed by atoms with E-state index in [1.54, 1.807) is 42.2 Å². The number of ether oxygens (including phenoxy) is 1. The van der Waals surface area contributed by atoms with E-state index in [1.165, 1.54) is 18.3 Å². The van der Waals surface area contributed by atoms with Crippen LogP contribution in [0.25, 0.3) is 11.2 Å². The van der Waals surface area contributed by atoms with Gasteiger partial charge in [0.1, 0.15) is 11.8 Å². The van der Waals surface area contributed by atoms with Crippen LogP contribution in [0.3, 0.4) is 0 Å². The Morgan fingerprint density at radius 1 is 1.19 bits per heavy atom. The average molecular weight is 374 g/mol. The normalized spacial score (nSPS) is 10.7. The number of benzene rings is 1. The number of esters is 1. The van der Waals surface area contributed by atoms with Gasteiger partial charge in [-0.05, 0) is 24.3 Å². The maximum Gasteiger partial charge on any atom is 0.337 e. The van der Waals surface area contributed by atoms with Gasteiger partial charge in [-0.3, -0.25) is 4.79 Å². The Labute approximate surface area is 154 Å². The average Bonchev–Trinajstić information content (AvgIpc) is 3.09. The van der Waals surface area contributed by atoms with Crippen LogP contribution in [-0.4, -0.2) is 45.6 Å². The van der Waals surface area contributed by atoms with Crippen molar-refractivity contribution in [2.24, 2.45) is 0 Å². The van der Waals surface area contributed by atoms with E-state index in [1.807, 2.05) is 0 Å². The van der Waals surface area contributed by atoms with E-state index in [-0.39, 0.29) is 17.5 Å². The van der Waals surface area contributed by atoms with Gasteiger partial charge >= 0.3 is 5.97 Å². The molecule has 1 amide bonds. The molecule has 3 aromatic rings. The fourth-order valence-electron chi connectivity index (χ4n) is 2.48. The number of aryl methyl sites for hydroxylation is 1. The topological polar surface area (TPSA) is 90.2 Å². The van der Waals surface area contributed by atoms with Crippen molar-refractivity contribution in [2.45, 2.75) is 13.0 Å². The van der Waals surface area contributed by atoms with Gasteiger partial charge < -0.3 is 14.2 Å². The van der Waals surface area contributed by atoms with Crippen LogP contribution in [-0.2, 0) is 16.1 Å². The molecule has 0 spiro atoms. The first kappa shape index (κ1) is 17.8. The van der Waals surface area contributed by atoms with Crippen molar-refractivity contribution in [3.05, 3.63) is 47.6 Å². The van der Waals surface area contributed by atoms with Crippen LogP contribution in [0, 0.1) is 0 Å². The predicted molar refractivity (Wildman–Crippen MR) is 96.1 cm³/mol. The molecular formula is C17H16ClN5O3. The highest BCUT2D eigenvalue weighted by molar-refractivity contribution is 6.33. The molecular weight excluding hydrogens is 358 g/mol. The Morgan fingerprint density at radius 3 is 2.62 bits per heavy atom. The van der Waals surface area contributed by atoms with Gasteiger partial charge in [-0.2, -0.15) is 0 Å². The fraction of sp³-hybridized carbons (Fsp3) is 0.235. The zero-order chi connectivity index (χ0) is 18.7. The third-order valence-electron chi connectivity index (χ3n) is 3.97. The molecule has 0 radical (unpaired) electrons. The molecule has 0 bridgehead atoms. The molecule has 0 saturated heterocycles. The van der Waals surface area contributed by atoms with Crippen LogP contribution in [0.15, 0.2) is 36.9 Å². The van der Waals surface area contributed by atoms with E-state index in [9.17, 15) is 9.59 Å². The summed E-state index contributed by atoms with van der Waals surface area (Å²) in [5.41, 5.74) is 2.21. The van der Waals surface area contributed by atoms with Crippen LogP contribution in [0.1, 0.15) is 16.8 Å². The maximum atomic E-state index is 12.5. The van der Waals surface area contributed by atoms with Crippen molar-refractivity contribution in [3.63, 3.8) is 0 Å². The van der Waals surface area contributed by atoms with Crippen molar-refractivity contribution in [3.8, 4) is 0 Å². The quantitative estimate of drug-likeness (QED) is 0.503. The van der Waals surface area contributed by atoms with Crippen molar-refractivity contribution >= 4 is 40.3 Å². The van der Waals surface area contributed by atoms with Crippen molar-refractivity contribution in [1.82, 2.24) is 19.5 Å². The van der Waals surface area contributed by atoms with Crippen molar-refractivity contribution in [2.75, 3.05) is 19.1 Å². The zero-order valence-corrected chi connectivity index (χ0v) is 15.0. The van der Waals surface area contributed by atoms with Crippen molar-refractivity contribution in [1.29, 1.82) is 0 Å². The van der Waals surface area contributed by atoms with Crippen LogP contribution in [0.4, 0.5) is 5.69 Å². The molecule has 0 saturated carbocycles. The van der Waals surface area contributed by atoms with Crippen LogP contribution >= 0.6 is 11.6 Å². The minimum atomic E-state index is -0.418. The summed E-state index contributed by atoms with van der Waals surface area (Å²) in [5, 5.41) is 0.280. The highest BCUT2D eigenvalue weighted by atomic mass is 35.5. The number of anilines is 1. The van der Waals surface area contributed by atoms with E-state index in [4.69, 9.17) is 11.6 Å². The summed E-state index contributed by atoms with van der Waals surface area (Å²) in [5.74, 6) is -0.504. The first-order valence-electron chi connectivity index (χ1n) is 7.77. The molecule has 0 atom stereocenters. The van der Waals surface area contributed by atoms with Gasteiger partial charge in [-0.25, -0.2) is 19.7 Å². The number of fused-ring (bicyclic) bond motifs is 1. The van der Waals surface area contributed by atoms with E-state index in [0.29, 0.717) is 29.0 Å². The molecule has 3 rings (SSSR count). The van der Waals surface area contributed by atoms with Gasteiger partial charge in [0.25, 0.3) is 0 Å². The Bertz CT molecular complexity index is 955. The molecule has 2 heterocycles. The molecule has 26 heavy (non-hydrogen) atoms. The first-order valence-corrected chi connectivity index (χ1v) is 8.15. The number of amides is 1. The molecule has 0 N–H and O–H groups in total. The lowest BCUT2D eigenvalue weighted by Crippen LogP contribution is -2.27. The van der Waals surface area contributed by atoms with Gasteiger partial charge in [0.05, 0.1) is 19.0 Å². The lowest BCUT2D eigenvalue weighted by atomic mass is 10.2. The van der Waals surface area contributed by atoms with Crippen LogP contribution in [0.5, 0.6) is 0 Å². The van der Waals surface area contributed by atoms with Gasteiger partial charge in [-0.15, -0.1) is 0 Å². The Morgan fingerprint density at radius 2 is 1.92 bits per heavy atom. The number of aromatic nitrogens is 4. The summed E-state index contributed by atoms with van der Waals surface area (Å²) < 4.78 is 6.42. The van der Waals surface area contributed by atoms with E-state index >= 15 is 0 Å². The second-order valence-electron chi connectivity index (χ2n) is 5.52. The molecule has 9 heteroatoms. The number of carbonyl (C=O) groups is 2. The molecule has 0 unspecified atom stereocenters. The molecule has 134 valence electrons. The second kappa shape index (κ2) is 7.49. The molecule has 0 aliphatic heterocycles. The fourth-order valence-corrected chi connectivity index (χ4v) is 2.66. The summed E-state index contributed by atoms with van der Waals surface area (Å²) in [6.07, 6.45) is 3.20. The zero-order valence-electron chi connectivity index (χ0n) is 14.2. The summed E-state index contributed by atoms with van der Waals surface area (Å²) in [6, 6.07) is 6.63. The lowest BCUT2D eigenvalue weighted by Gasteiger charge is -2.17. The lowest BCUT2D eigenvalue weighted by molar-refractivity contribution is -0.118. The van der Waals surface area contributed by atoms with Crippen molar-refractivity contribution < 1.29 is 14.3 Å². The molecule has 0 aliphatic rings. The number of halogens is 1. The Balaban J connectivity index is 1.67. The van der Waals surface area contributed by atoms with Gasteiger partial charge in [-0.1, -0.05) is 11.6 Å². The number of hydrogen-bond donors (Lipinski definition) is 0. The number of methoxy groups -OCH3 is 1. The van der Waals surface area contributed by atoms with E-state index in [0.717, 1.165) is 0 Å². The molecule has 2 aromatic heterocycles. The highest BCUT2D eigenvalue weighted by Gasteiger charge is 2.14. The maximum absolute atomic E-state index is 12.5. The minimum Gasteiger partial charge on any atom is -0.465 e. The Kier molecular flexibility index (Phi) is 5.13. The van der Waals surface area contributed by atoms with Crippen LogP contribution < -0.4 is 4.90 Å². The van der Waals surface area contributed by atoms with Gasteiger partial charge in [0.2, 0.25) is 5.91 Å². The predicted octanol–water partition coefficient (Wildman–Crippen LogP) is 2.32. The summed E-state index contributed by atoms with van der Waals surface area (Å²) in [6.45, 7) is 0.410. The third kappa shape index (κ3) is 3.50. The largest absolute Gasteiger partial charge is 0.465 e. The van der Waals surface area contributed by atoms with E-state index < -0.39 is 5.97 Å². The first-order chi connectivity index (χ1) is 12.5. The summed E-state index contributed by atoms with van der Waals surface area (Å²) in [4.78, 5) is 37.7. The summed E-state index contributed by atoms with van der Waals surface area (Å²) in [7, 11) is 3.00. The number of imidazole rings is 1. The van der Waals surface area contributed by atoms with E-state index in [2.05, 4.69) is 19.7 Å². The highest BCUT2D eigenvalue weighted by Crippen LogP contribution is 2.18. The number of nitrogens with zero attached hydrogens (tertiary/aromatic N) is 5. The van der Waals surface area contributed by atoms with Gasteiger partial charge in [0, 0.05) is 25.7 Å². The smallest absolute Gasteiger partial charge is 0.337 e. The van der Waals surface area contributed by atoms with Crippen LogP contribution in [0.2, 0.25) is 5.15 Å². The van der Waals surface area contributed by atoms with Gasteiger partial charge in [0.15, 0.2) is 10.8 Å². The number of rotatable bonds is 5. The minimum absolute atomic E-state index is 0.0854. The second-order valence-corrected chi connectivity index (χ2v) is 5.87. The molecule has 1 aromatic carbocycles. The Hall–Kier alpha value is -3.00. The number of carbonyl (C=O) groups excluding carboxylic acids is 2. The SMILES string of the molecule is COC(=O)c1ccc(N(C)C(=O)CCn2cnc3c(Cl)ncnc32)cc1. The standard InChI is InChI=1S/C17H16ClN5O3/c1-22(12-5-3-11(4-6-12)17(25)26-2)13(24)7-8-23-10-21-14-15(18)19-9-20-16(14)23/h3-6,9-10H,7-8H2,1-2H3. The molecule has 0 aliphatic carbocycles. The molecule has 0 fully saturated rings. The third-order valence-corrected chi connectivity index (χ3v) is 4.25. The molecule has 8 nitrogen and oxygen atoms in total. The number of hydrogen-bond acceptors (Lipinski definition) is 6.